The van der Waals surface area contributed by atoms with Gasteiger partial charge in [-0.15, -0.1) is 0 Å². The van der Waals surface area contributed by atoms with Crippen molar-refractivity contribution in [3.63, 3.8) is 0 Å². The lowest BCUT2D eigenvalue weighted by molar-refractivity contribution is -0.119. The van der Waals surface area contributed by atoms with E-state index in [2.05, 4.69) is 22.9 Å². The van der Waals surface area contributed by atoms with Gasteiger partial charge >= 0.3 is 6.03 Å². The van der Waals surface area contributed by atoms with Crippen LogP contribution in [0, 0.1) is 5.82 Å². The third-order valence-electron chi connectivity index (χ3n) is 3.96. The molecule has 5 nitrogen and oxygen atoms in total. The van der Waals surface area contributed by atoms with Crippen LogP contribution in [-0.2, 0) is 11.2 Å². The van der Waals surface area contributed by atoms with E-state index in [-0.39, 0.29) is 18.4 Å². The van der Waals surface area contributed by atoms with E-state index in [9.17, 15) is 14.0 Å². The van der Waals surface area contributed by atoms with Crippen LogP contribution in [0.2, 0.25) is 0 Å². The number of rotatable bonds is 7. The van der Waals surface area contributed by atoms with Gasteiger partial charge in [-0.25, -0.2) is 9.18 Å². The van der Waals surface area contributed by atoms with Crippen LogP contribution in [-0.4, -0.2) is 25.0 Å². The molecule has 2 rings (SSSR count). The van der Waals surface area contributed by atoms with Crippen LogP contribution >= 0.6 is 0 Å². The predicted molar refractivity (Wildman–Crippen MR) is 99.3 cm³/mol. The summed E-state index contributed by atoms with van der Waals surface area (Å²) in [6, 6.07) is 13.3. The van der Waals surface area contributed by atoms with Crippen LogP contribution in [0.25, 0.3) is 0 Å². The average molecular weight is 357 g/mol. The van der Waals surface area contributed by atoms with E-state index in [1.54, 1.807) is 19.1 Å². The number of hydrogen-bond acceptors (Lipinski definition) is 3. The van der Waals surface area contributed by atoms with E-state index in [4.69, 9.17) is 0 Å². The molecule has 0 unspecified atom stereocenters. The second kappa shape index (κ2) is 9.68. The Morgan fingerprint density at radius 1 is 1.04 bits per heavy atom. The zero-order valence-electron chi connectivity index (χ0n) is 15.0. The maximum absolute atomic E-state index is 13.7. The Morgan fingerprint density at radius 3 is 2.38 bits per heavy atom. The van der Waals surface area contributed by atoms with E-state index < -0.39 is 11.9 Å². The average Bonchev–Trinajstić information content (AvgIpc) is 2.62. The summed E-state index contributed by atoms with van der Waals surface area (Å²) in [6.45, 7) is 4.20. The van der Waals surface area contributed by atoms with Crippen LogP contribution in [0.4, 0.5) is 9.18 Å². The Hall–Kier alpha value is -2.73. The summed E-state index contributed by atoms with van der Waals surface area (Å²) in [7, 11) is 0. The number of benzene rings is 2. The lowest BCUT2D eigenvalue weighted by Crippen LogP contribution is -2.44. The van der Waals surface area contributed by atoms with Gasteiger partial charge in [-0.1, -0.05) is 43.3 Å². The Kier molecular flexibility index (Phi) is 7.29. The van der Waals surface area contributed by atoms with Crippen molar-refractivity contribution in [2.24, 2.45) is 0 Å². The quantitative estimate of drug-likeness (QED) is 0.714. The van der Waals surface area contributed by atoms with Crippen molar-refractivity contribution in [3.8, 4) is 0 Å². The highest BCUT2D eigenvalue weighted by Gasteiger charge is 2.16. The highest BCUT2D eigenvalue weighted by Crippen LogP contribution is 2.23. The van der Waals surface area contributed by atoms with Crippen molar-refractivity contribution >= 4 is 11.9 Å². The molecule has 0 heterocycles. The molecule has 3 amide bonds. The number of urea groups is 1. The number of aryl methyl sites for hydroxylation is 1. The number of carbonyl (C=O) groups excluding carboxylic acids is 2. The Bertz CT molecular complexity index is 747. The highest BCUT2D eigenvalue weighted by atomic mass is 19.1. The first-order chi connectivity index (χ1) is 12.5. The molecule has 138 valence electrons. The molecule has 0 spiro atoms. The molecule has 0 bridgehead atoms. The molecule has 0 radical (unpaired) electrons. The third-order valence-corrected chi connectivity index (χ3v) is 3.96. The van der Waals surface area contributed by atoms with Gasteiger partial charge in [0.2, 0.25) is 5.91 Å². The Balaban J connectivity index is 2.15. The minimum atomic E-state index is -0.533. The summed E-state index contributed by atoms with van der Waals surface area (Å²) in [5.74, 6) is -0.797. The summed E-state index contributed by atoms with van der Waals surface area (Å²) in [5, 5.41) is 7.85. The number of imide groups is 1. The number of carbonyl (C=O) groups is 2. The molecule has 0 aliphatic carbocycles. The third kappa shape index (κ3) is 5.67. The first kappa shape index (κ1) is 19.6. The maximum atomic E-state index is 13.7. The van der Waals surface area contributed by atoms with Gasteiger partial charge in [0.05, 0.1) is 12.6 Å². The molecule has 0 saturated heterocycles. The van der Waals surface area contributed by atoms with Gasteiger partial charge in [-0.05, 0) is 42.2 Å². The monoisotopic (exact) mass is 357 g/mol. The molecular weight excluding hydrogens is 333 g/mol. The molecule has 0 aliphatic heterocycles. The van der Waals surface area contributed by atoms with E-state index in [1.807, 2.05) is 24.3 Å². The van der Waals surface area contributed by atoms with Gasteiger partial charge in [0.1, 0.15) is 5.82 Å². The largest absolute Gasteiger partial charge is 0.338 e. The first-order valence-corrected chi connectivity index (χ1v) is 8.68. The van der Waals surface area contributed by atoms with Gasteiger partial charge in [-0.3, -0.25) is 15.4 Å². The van der Waals surface area contributed by atoms with E-state index in [0.717, 1.165) is 12.0 Å². The fourth-order valence-corrected chi connectivity index (χ4v) is 2.63. The van der Waals surface area contributed by atoms with Crippen molar-refractivity contribution in [1.29, 1.82) is 0 Å². The maximum Gasteiger partial charge on any atom is 0.321 e. The minimum Gasteiger partial charge on any atom is -0.338 e. The molecule has 6 heteroatoms. The van der Waals surface area contributed by atoms with Crippen LogP contribution in [0.15, 0.2) is 48.5 Å². The summed E-state index contributed by atoms with van der Waals surface area (Å²) >= 11 is 0. The molecule has 2 aromatic carbocycles. The van der Waals surface area contributed by atoms with E-state index >= 15 is 0 Å². The van der Waals surface area contributed by atoms with Gasteiger partial charge in [0.15, 0.2) is 0 Å². The molecule has 0 aliphatic rings. The number of halogens is 1. The van der Waals surface area contributed by atoms with Gasteiger partial charge < -0.3 is 5.32 Å². The van der Waals surface area contributed by atoms with Gasteiger partial charge in [0.25, 0.3) is 0 Å². The highest BCUT2D eigenvalue weighted by molar-refractivity contribution is 5.95. The zero-order valence-corrected chi connectivity index (χ0v) is 15.0. The van der Waals surface area contributed by atoms with E-state index in [1.165, 1.54) is 17.7 Å². The second-order valence-corrected chi connectivity index (χ2v) is 5.87. The van der Waals surface area contributed by atoms with Gasteiger partial charge in [0, 0.05) is 6.54 Å². The Morgan fingerprint density at radius 2 is 1.77 bits per heavy atom. The summed E-state index contributed by atoms with van der Waals surface area (Å²) in [5.41, 5.74) is 2.82. The molecule has 2 aromatic rings. The van der Waals surface area contributed by atoms with Crippen LogP contribution < -0.4 is 16.0 Å². The van der Waals surface area contributed by atoms with Crippen molar-refractivity contribution < 1.29 is 14.0 Å². The molecule has 0 aromatic heterocycles. The predicted octanol–water partition coefficient (Wildman–Crippen LogP) is 2.91. The number of nitrogens with one attached hydrogen (secondary N) is 3. The second-order valence-electron chi connectivity index (χ2n) is 5.87. The number of amides is 3. The van der Waals surface area contributed by atoms with Crippen molar-refractivity contribution in [2.75, 3.05) is 13.1 Å². The van der Waals surface area contributed by atoms with Crippen LogP contribution in [0.3, 0.4) is 0 Å². The SMILES string of the molecule is CCNC(=O)NC(=O)CN[C@H](c1ccc(CC)cc1)c1cccc(F)c1. The zero-order chi connectivity index (χ0) is 18.9. The normalized spacial score (nSPS) is 11.7. The van der Waals surface area contributed by atoms with Gasteiger partial charge in [-0.2, -0.15) is 0 Å². The fraction of sp³-hybridized carbons (Fsp3) is 0.300. The molecule has 3 N–H and O–H groups in total. The topological polar surface area (TPSA) is 70.2 Å². The summed E-state index contributed by atoms with van der Waals surface area (Å²) < 4.78 is 13.7. The fourth-order valence-electron chi connectivity index (χ4n) is 2.63. The summed E-state index contributed by atoms with van der Waals surface area (Å²) in [6.07, 6.45) is 0.924. The first-order valence-electron chi connectivity index (χ1n) is 8.68. The van der Waals surface area contributed by atoms with Crippen molar-refractivity contribution in [3.05, 3.63) is 71.0 Å². The molecule has 0 fully saturated rings. The smallest absolute Gasteiger partial charge is 0.321 e. The lowest BCUT2D eigenvalue weighted by atomic mass is 9.97. The van der Waals surface area contributed by atoms with Crippen LogP contribution in [0.5, 0.6) is 0 Å². The molecule has 1 atom stereocenters. The molecular formula is C20H24FN3O2. The van der Waals surface area contributed by atoms with Crippen LogP contribution in [0.1, 0.15) is 36.6 Å². The minimum absolute atomic E-state index is 0.0756. The van der Waals surface area contributed by atoms with Crippen molar-refractivity contribution in [2.45, 2.75) is 26.3 Å². The van der Waals surface area contributed by atoms with E-state index in [0.29, 0.717) is 12.1 Å². The summed E-state index contributed by atoms with van der Waals surface area (Å²) in [4.78, 5) is 23.4. The molecule has 26 heavy (non-hydrogen) atoms. The van der Waals surface area contributed by atoms with Crippen molar-refractivity contribution in [1.82, 2.24) is 16.0 Å². The standard InChI is InChI=1S/C20H24FN3O2/c1-3-14-8-10-15(11-9-14)19(16-6-5-7-17(21)12-16)23-13-18(25)24-20(26)22-4-2/h5-12,19,23H,3-4,13H2,1-2H3,(H2,22,24,25,26)/t19-/m1/s1. The lowest BCUT2D eigenvalue weighted by Gasteiger charge is -2.20. The Labute approximate surface area is 153 Å². The molecule has 0 saturated carbocycles. The number of hydrogen-bond donors (Lipinski definition) is 3.